The third kappa shape index (κ3) is 2.79. The van der Waals surface area contributed by atoms with Crippen molar-refractivity contribution >= 4 is 27.7 Å². The molecule has 0 unspecified atom stereocenters. The molecule has 30 heavy (non-hydrogen) atoms. The van der Waals surface area contributed by atoms with Gasteiger partial charge in [0.25, 0.3) is 5.91 Å². The topological polar surface area (TPSA) is 76.2 Å². The molecule has 1 amide bonds. The molecule has 6 rings (SSSR count). The summed E-state index contributed by atoms with van der Waals surface area (Å²) in [5.74, 6) is 1.30. The Kier molecular flexibility index (Phi) is 3.91. The molecule has 150 valence electrons. The number of hydrogen-bond donors (Lipinski definition) is 2. The van der Waals surface area contributed by atoms with Crippen molar-refractivity contribution in [2.24, 2.45) is 0 Å². The molecule has 1 aliphatic carbocycles. The molecule has 6 heteroatoms. The highest BCUT2D eigenvalue weighted by molar-refractivity contribution is 6.13. The number of ether oxygens (including phenoxy) is 2. The number of hydrogen-bond acceptors (Lipinski definition) is 4. The maximum atomic E-state index is 13.0. The maximum Gasteiger partial charge on any atom is 0.270 e. The summed E-state index contributed by atoms with van der Waals surface area (Å²) in [5, 5.41) is 5.23. The minimum Gasteiger partial charge on any atom is -0.454 e. The van der Waals surface area contributed by atoms with E-state index in [4.69, 9.17) is 14.5 Å². The van der Waals surface area contributed by atoms with Gasteiger partial charge in [-0.2, -0.15) is 0 Å². The van der Waals surface area contributed by atoms with Crippen molar-refractivity contribution in [3.63, 3.8) is 0 Å². The zero-order valence-corrected chi connectivity index (χ0v) is 16.4. The number of aromatic nitrogens is 2. The maximum absolute atomic E-state index is 13.0. The summed E-state index contributed by atoms with van der Waals surface area (Å²) >= 11 is 0. The van der Waals surface area contributed by atoms with Gasteiger partial charge < -0.3 is 19.8 Å². The van der Waals surface area contributed by atoms with Gasteiger partial charge in [-0.1, -0.05) is 31.0 Å². The fourth-order valence-electron chi connectivity index (χ4n) is 4.54. The molecule has 2 aromatic heterocycles. The highest BCUT2D eigenvalue weighted by atomic mass is 16.7. The van der Waals surface area contributed by atoms with Gasteiger partial charge in [-0.15, -0.1) is 0 Å². The molecule has 3 heterocycles. The number of H-pyrrole nitrogens is 1. The van der Waals surface area contributed by atoms with Crippen molar-refractivity contribution in [3.05, 3.63) is 54.2 Å². The zero-order valence-electron chi connectivity index (χ0n) is 16.4. The highest BCUT2D eigenvalue weighted by Gasteiger charge is 2.22. The predicted molar refractivity (Wildman–Crippen MR) is 115 cm³/mol. The van der Waals surface area contributed by atoms with E-state index in [0.717, 1.165) is 51.7 Å². The largest absolute Gasteiger partial charge is 0.454 e. The molecule has 4 aromatic rings. The van der Waals surface area contributed by atoms with Crippen LogP contribution in [0.4, 0.5) is 0 Å². The first-order valence-electron chi connectivity index (χ1n) is 10.4. The monoisotopic (exact) mass is 399 g/mol. The van der Waals surface area contributed by atoms with Crippen LogP contribution in [-0.2, 0) is 0 Å². The van der Waals surface area contributed by atoms with Gasteiger partial charge in [0.05, 0.1) is 11.2 Å². The Balaban J connectivity index is 1.53. The molecule has 2 aromatic carbocycles. The Labute approximate surface area is 173 Å². The third-order valence-corrected chi connectivity index (χ3v) is 6.07. The van der Waals surface area contributed by atoms with Crippen LogP contribution in [0.15, 0.2) is 48.5 Å². The summed E-state index contributed by atoms with van der Waals surface area (Å²) in [6, 6.07) is 16.0. The van der Waals surface area contributed by atoms with E-state index in [1.165, 1.54) is 12.8 Å². The number of carbonyl (C=O) groups excluding carboxylic acids is 1. The smallest absolute Gasteiger partial charge is 0.270 e. The van der Waals surface area contributed by atoms with Gasteiger partial charge >= 0.3 is 0 Å². The molecule has 2 aliphatic rings. The van der Waals surface area contributed by atoms with E-state index in [0.29, 0.717) is 11.4 Å². The number of amides is 1. The molecular formula is C24H21N3O3. The number of benzene rings is 2. The van der Waals surface area contributed by atoms with Crippen molar-refractivity contribution in [1.82, 2.24) is 15.3 Å². The first-order chi connectivity index (χ1) is 14.8. The van der Waals surface area contributed by atoms with Crippen LogP contribution in [0.2, 0.25) is 0 Å². The second-order valence-electron chi connectivity index (χ2n) is 7.97. The summed E-state index contributed by atoms with van der Waals surface area (Å²) < 4.78 is 11.0. The number of carbonyl (C=O) groups is 1. The zero-order chi connectivity index (χ0) is 20.1. The fraction of sp³-hybridized carbons (Fsp3) is 0.250. The minimum atomic E-state index is -0.115. The second kappa shape index (κ2) is 6.76. The van der Waals surface area contributed by atoms with Gasteiger partial charge in [0, 0.05) is 27.9 Å². The van der Waals surface area contributed by atoms with E-state index in [9.17, 15) is 4.79 Å². The van der Waals surface area contributed by atoms with Gasteiger partial charge in [-0.25, -0.2) is 4.98 Å². The van der Waals surface area contributed by atoms with Gasteiger partial charge in [0.1, 0.15) is 5.69 Å². The summed E-state index contributed by atoms with van der Waals surface area (Å²) in [6.07, 6.45) is 4.41. The van der Waals surface area contributed by atoms with E-state index < -0.39 is 0 Å². The molecule has 6 nitrogen and oxygen atoms in total. The molecule has 1 saturated carbocycles. The number of rotatable bonds is 3. The summed E-state index contributed by atoms with van der Waals surface area (Å²) in [6.45, 7) is 0.220. The van der Waals surface area contributed by atoms with Crippen LogP contribution in [0, 0.1) is 0 Å². The molecule has 0 radical (unpaired) electrons. The Morgan fingerprint density at radius 2 is 1.83 bits per heavy atom. The first-order valence-corrected chi connectivity index (χ1v) is 10.4. The molecule has 1 aliphatic heterocycles. The molecule has 0 spiro atoms. The van der Waals surface area contributed by atoms with Crippen LogP contribution >= 0.6 is 0 Å². The number of pyridine rings is 1. The fourth-order valence-corrected chi connectivity index (χ4v) is 4.54. The molecular weight excluding hydrogens is 378 g/mol. The van der Waals surface area contributed by atoms with E-state index in [2.05, 4.69) is 16.4 Å². The number of aromatic amines is 1. The van der Waals surface area contributed by atoms with Crippen molar-refractivity contribution in [2.45, 2.75) is 31.7 Å². The lowest BCUT2D eigenvalue weighted by atomic mass is 10.1. The van der Waals surface area contributed by atoms with Gasteiger partial charge in [0.15, 0.2) is 11.5 Å². The lowest BCUT2D eigenvalue weighted by Crippen LogP contribution is -2.33. The normalized spacial score (nSPS) is 15.9. The van der Waals surface area contributed by atoms with E-state index >= 15 is 0 Å². The van der Waals surface area contributed by atoms with E-state index in [-0.39, 0.29) is 18.7 Å². The third-order valence-electron chi connectivity index (χ3n) is 6.07. The Morgan fingerprint density at radius 3 is 2.73 bits per heavy atom. The van der Waals surface area contributed by atoms with Gasteiger partial charge in [-0.05, 0) is 43.2 Å². The van der Waals surface area contributed by atoms with Crippen molar-refractivity contribution in [1.29, 1.82) is 0 Å². The summed E-state index contributed by atoms with van der Waals surface area (Å²) in [7, 11) is 0. The quantitative estimate of drug-likeness (QED) is 0.520. The number of nitrogens with zero attached hydrogens (tertiary/aromatic N) is 1. The Bertz CT molecular complexity index is 1290. The Hall–Kier alpha value is -3.54. The average molecular weight is 399 g/mol. The van der Waals surface area contributed by atoms with Gasteiger partial charge in [0.2, 0.25) is 6.79 Å². The van der Waals surface area contributed by atoms with Crippen LogP contribution in [0.25, 0.3) is 33.1 Å². The van der Waals surface area contributed by atoms with Crippen LogP contribution < -0.4 is 14.8 Å². The summed E-state index contributed by atoms with van der Waals surface area (Å²) in [4.78, 5) is 21.3. The standard InChI is InChI=1S/C24H21N3O3/c28-24(25-15-5-1-2-6-15)19-12-17-16-7-3-4-8-18(16)26-23(17)22(27-19)14-9-10-20-21(11-14)30-13-29-20/h3-4,7-12,15,26H,1-2,5-6,13H2,(H,25,28). The first kappa shape index (κ1) is 17.3. The number of para-hydroxylation sites is 1. The SMILES string of the molecule is O=C(NC1CCCC1)c1cc2c([nH]c3ccccc32)c(-c2ccc3c(c2)OCO3)n1. The summed E-state index contributed by atoms with van der Waals surface area (Å²) in [5.41, 5.74) is 3.98. The molecule has 0 bridgehead atoms. The molecule has 0 atom stereocenters. The average Bonchev–Trinajstić information content (AvgIpc) is 3.52. The van der Waals surface area contributed by atoms with Crippen molar-refractivity contribution in [2.75, 3.05) is 6.79 Å². The van der Waals surface area contributed by atoms with Crippen molar-refractivity contribution in [3.8, 4) is 22.8 Å². The van der Waals surface area contributed by atoms with Crippen LogP contribution in [0.1, 0.15) is 36.2 Å². The van der Waals surface area contributed by atoms with Crippen LogP contribution in [-0.4, -0.2) is 28.7 Å². The lowest BCUT2D eigenvalue weighted by Gasteiger charge is -2.13. The number of fused-ring (bicyclic) bond motifs is 4. The minimum absolute atomic E-state index is 0.115. The molecule has 0 saturated heterocycles. The molecule has 2 N–H and O–H groups in total. The predicted octanol–water partition coefficient (Wildman–Crippen LogP) is 4.78. The van der Waals surface area contributed by atoms with E-state index in [1.54, 1.807) is 0 Å². The second-order valence-corrected chi connectivity index (χ2v) is 7.97. The van der Waals surface area contributed by atoms with Crippen LogP contribution in [0.5, 0.6) is 11.5 Å². The number of nitrogens with one attached hydrogen (secondary N) is 2. The van der Waals surface area contributed by atoms with E-state index in [1.807, 2.05) is 42.5 Å². The lowest BCUT2D eigenvalue weighted by molar-refractivity contribution is 0.0933. The highest BCUT2D eigenvalue weighted by Crippen LogP contribution is 2.38. The van der Waals surface area contributed by atoms with Crippen LogP contribution in [0.3, 0.4) is 0 Å². The molecule has 1 fully saturated rings. The van der Waals surface area contributed by atoms with Crippen molar-refractivity contribution < 1.29 is 14.3 Å². The van der Waals surface area contributed by atoms with Gasteiger partial charge in [-0.3, -0.25) is 4.79 Å². The Morgan fingerprint density at radius 1 is 1.00 bits per heavy atom.